The third-order valence-corrected chi connectivity index (χ3v) is 5.34. The Morgan fingerprint density at radius 3 is 2.50 bits per heavy atom. The summed E-state index contributed by atoms with van der Waals surface area (Å²) >= 11 is 0. The first-order valence-corrected chi connectivity index (χ1v) is 9.16. The van der Waals surface area contributed by atoms with Gasteiger partial charge in [-0.25, -0.2) is 0 Å². The molecular weight excluding hydrogens is 320 g/mol. The molecule has 0 atom stereocenters. The summed E-state index contributed by atoms with van der Waals surface area (Å²) in [7, 11) is 0. The second kappa shape index (κ2) is 6.49. The summed E-state index contributed by atoms with van der Waals surface area (Å²) in [4.78, 5) is 15.2. The van der Waals surface area contributed by atoms with Gasteiger partial charge in [0.25, 0.3) is 0 Å². The Bertz CT molecular complexity index is 966. The van der Waals surface area contributed by atoms with Crippen LogP contribution in [-0.4, -0.2) is 23.4 Å². The van der Waals surface area contributed by atoms with Crippen LogP contribution in [0.15, 0.2) is 54.6 Å². The van der Waals surface area contributed by atoms with Crippen molar-refractivity contribution in [3.63, 3.8) is 0 Å². The van der Waals surface area contributed by atoms with Crippen molar-refractivity contribution in [3.8, 4) is 5.69 Å². The zero-order chi connectivity index (χ0) is 18.3. The first-order chi connectivity index (χ1) is 12.5. The summed E-state index contributed by atoms with van der Waals surface area (Å²) in [6.07, 6.45) is 1.02. The molecule has 1 aliphatic heterocycles. The molecule has 0 saturated carbocycles. The van der Waals surface area contributed by atoms with Gasteiger partial charge in [0.1, 0.15) is 0 Å². The Balaban J connectivity index is 1.62. The summed E-state index contributed by atoms with van der Waals surface area (Å²) in [6.45, 7) is 7.55. The molecule has 0 bridgehead atoms. The predicted molar refractivity (Wildman–Crippen MR) is 107 cm³/mol. The lowest BCUT2D eigenvalue weighted by Gasteiger charge is -2.18. The SMILES string of the molecule is Cc1ccc(-n2c(C)cc(C(=O)CN3CCc4ccccc43)c2C)cc1. The van der Waals surface area contributed by atoms with E-state index >= 15 is 0 Å². The zero-order valence-corrected chi connectivity index (χ0v) is 15.6. The van der Waals surface area contributed by atoms with Gasteiger partial charge in [-0.15, -0.1) is 0 Å². The quantitative estimate of drug-likeness (QED) is 0.644. The van der Waals surface area contributed by atoms with Crippen LogP contribution < -0.4 is 4.90 Å². The van der Waals surface area contributed by atoms with Crippen molar-refractivity contribution in [1.29, 1.82) is 0 Å². The van der Waals surface area contributed by atoms with Crippen LogP contribution >= 0.6 is 0 Å². The number of carbonyl (C=O) groups excluding carboxylic acids is 1. The summed E-state index contributed by atoms with van der Waals surface area (Å²) in [5.41, 5.74) is 7.82. The fourth-order valence-corrected chi connectivity index (χ4v) is 3.97. The Hall–Kier alpha value is -2.81. The minimum atomic E-state index is 0.188. The largest absolute Gasteiger partial charge is 0.363 e. The number of rotatable bonds is 4. The summed E-state index contributed by atoms with van der Waals surface area (Å²) in [5.74, 6) is 0.188. The standard InChI is InChI=1S/C23H24N2O/c1-16-8-10-20(11-9-16)25-17(2)14-21(18(25)3)23(26)15-24-13-12-19-6-4-5-7-22(19)24/h4-11,14H,12-13,15H2,1-3H3. The number of hydrogen-bond donors (Lipinski definition) is 0. The molecule has 0 amide bonds. The number of hydrogen-bond acceptors (Lipinski definition) is 2. The summed E-state index contributed by atoms with van der Waals surface area (Å²) < 4.78 is 2.17. The van der Waals surface area contributed by atoms with Crippen LogP contribution in [0.5, 0.6) is 0 Å². The van der Waals surface area contributed by atoms with Gasteiger partial charge in [-0.1, -0.05) is 35.9 Å². The van der Waals surface area contributed by atoms with Crippen LogP contribution in [0.25, 0.3) is 5.69 Å². The topological polar surface area (TPSA) is 25.2 Å². The molecule has 0 aliphatic carbocycles. The van der Waals surface area contributed by atoms with Crippen LogP contribution in [0.4, 0.5) is 5.69 Å². The van der Waals surface area contributed by atoms with Crippen molar-refractivity contribution < 1.29 is 4.79 Å². The van der Waals surface area contributed by atoms with E-state index in [1.165, 1.54) is 16.8 Å². The number of Topliss-reactive ketones (excluding diaryl/α,β-unsaturated/α-hetero) is 1. The van der Waals surface area contributed by atoms with Crippen molar-refractivity contribution in [2.45, 2.75) is 27.2 Å². The van der Waals surface area contributed by atoms with Gasteiger partial charge in [-0.2, -0.15) is 0 Å². The minimum absolute atomic E-state index is 0.188. The number of carbonyl (C=O) groups is 1. The van der Waals surface area contributed by atoms with Crippen LogP contribution in [0, 0.1) is 20.8 Å². The Labute approximate surface area is 154 Å². The molecule has 26 heavy (non-hydrogen) atoms. The van der Waals surface area contributed by atoms with Gasteiger partial charge in [0.05, 0.1) is 6.54 Å². The molecule has 0 fully saturated rings. The van der Waals surface area contributed by atoms with Crippen molar-refractivity contribution >= 4 is 11.5 Å². The van der Waals surface area contributed by atoms with Gasteiger partial charge in [0.2, 0.25) is 0 Å². The van der Waals surface area contributed by atoms with E-state index < -0.39 is 0 Å². The molecule has 4 rings (SSSR count). The number of aryl methyl sites for hydroxylation is 2. The molecule has 3 nitrogen and oxygen atoms in total. The molecule has 0 N–H and O–H groups in total. The van der Waals surface area contributed by atoms with E-state index in [2.05, 4.69) is 65.8 Å². The van der Waals surface area contributed by atoms with Crippen molar-refractivity contribution in [3.05, 3.63) is 82.7 Å². The average molecular weight is 344 g/mol. The normalized spacial score (nSPS) is 13.1. The lowest BCUT2D eigenvalue weighted by Crippen LogP contribution is -2.28. The minimum Gasteiger partial charge on any atom is -0.363 e. The van der Waals surface area contributed by atoms with Gasteiger partial charge >= 0.3 is 0 Å². The van der Waals surface area contributed by atoms with Gasteiger partial charge in [-0.05, 0) is 57.0 Å². The fraction of sp³-hybridized carbons (Fsp3) is 0.261. The van der Waals surface area contributed by atoms with Crippen molar-refractivity contribution in [2.75, 3.05) is 18.0 Å². The van der Waals surface area contributed by atoms with E-state index in [4.69, 9.17) is 0 Å². The van der Waals surface area contributed by atoms with E-state index in [1.54, 1.807) is 0 Å². The van der Waals surface area contributed by atoms with E-state index in [9.17, 15) is 4.79 Å². The van der Waals surface area contributed by atoms with Gasteiger partial charge < -0.3 is 9.47 Å². The third-order valence-electron chi connectivity index (χ3n) is 5.34. The van der Waals surface area contributed by atoms with Crippen molar-refractivity contribution in [2.24, 2.45) is 0 Å². The van der Waals surface area contributed by atoms with Crippen LogP contribution in [0.3, 0.4) is 0 Å². The first kappa shape index (κ1) is 16.6. The molecule has 3 aromatic rings. The zero-order valence-electron chi connectivity index (χ0n) is 15.6. The Morgan fingerprint density at radius 1 is 1.00 bits per heavy atom. The molecule has 0 spiro atoms. The molecule has 2 heterocycles. The second-order valence-corrected chi connectivity index (χ2v) is 7.18. The number of anilines is 1. The maximum absolute atomic E-state index is 13.0. The van der Waals surface area contributed by atoms with Crippen LogP contribution in [-0.2, 0) is 6.42 Å². The molecular formula is C23H24N2O. The Kier molecular flexibility index (Phi) is 4.15. The van der Waals surface area contributed by atoms with Gasteiger partial charge in [0, 0.05) is 34.9 Å². The van der Waals surface area contributed by atoms with E-state index in [-0.39, 0.29) is 5.78 Å². The highest BCUT2D eigenvalue weighted by atomic mass is 16.1. The molecule has 0 saturated heterocycles. The highest BCUT2D eigenvalue weighted by Crippen LogP contribution is 2.28. The van der Waals surface area contributed by atoms with Gasteiger partial charge in [0.15, 0.2) is 5.78 Å². The van der Waals surface area contributed by atoms with E-state index in [1.807, 2.05) is 19.1 Å². The molecule has 1 aromatic heterocycles. The van der Waals surface area contributed by atoms with E-state index in [0.717, 1.165) is 35.6 Å². The third kappa shape index (κ3) is 2.84. The van der Waals surface area contributed by atoms with Crippen LogP contribution in [0.2, 0.25) is 0 Å². The number of nitrogens with zero attached hydrogens (tertiary/aromatic N) is 2. The highest BCUT2D eigenvalue weighted by Gasteiger charge is 2.23. The average Bonchev–Trinajstić information content (AvgIpc) is 3.17. The maximum atomic E-state index is 13.0. The Morgan fingerprint density at radius 2 is 1.73 bits per heavy atom. The number of para-hydroxylation sites is 1. The number of aromatic nitrogens is 1. The van der Waals surface area contributed by atoms with E-state index in [0.29, 0.717) is 6.54 Å². The lowest BCUT2D eigenvalue weighted by molar-refractivity contribution is 0.0999. The molecule has 2 aromatic carbocycles. The predicted octanol–water partition coefficient (Wildman–Crippen LogP) is 4.65. The summed E-state index contributed by atoms with van der Waals surface area (Å²) in [5, 5.41) is 0. The smallest absolute Gasteiger partial charge is 0.183 e. The molecule has 0 radical (unpaired) electrons. The monoisotopic (exact) mass is 344 g/mol. The van der Waals surface area contributed by atoms with Gasteiger partial charge in [-0.3, -0.25) is 4.79 Å². The number of fused-ring (bicyclic) bond motifs is 1. The van der Waals surface area contributed by atoms with Crippen LogP contribution in [0.1, 0.15) is 32.9 Å². The molecule has 1 aliphatic rings. The molecule has 0 unspecified atom stereocenters. The highest BCUT2D eigenvalue weighted by molar-refractivity contribution is 6.01. The maximum Gasteiger partial charge on any atom is 0.183 e. The molecule has 3 heteroatoms. The number of benzene rings is 2. The second-order valence-electron chi connectivity index (χ2n) is 7.18. The molecule has 132 valence electrons. The number of ketones is 1. The first-order valence-electron chi connectivity index (χ1n) is 9.16. The van der Waals surface area contributed by atoms with Crippen molar-refractivity contribution in [1.82, 2.24) is 4.57 Å². The fourth-order valence-electron chi connectivity index (χ4n) is 3.97. The summed E-state index contributed by atoms with van der Waals surface area (Å²) in [6, 6.07) is 18.9. The lowest BCUT2D eigenvalue weighted by atomic mass is 10.1.